The van der Waals surface area contributed by atoms with Crippen molar-refractivity contribution in [1.29, 1.82) is 0 Å². The highest BCUT2D eigenvalue weighted by Crippen LogP contribution is 2.48. The zero-order valence-corrected chi connectivity index (χ0v) is 8.12. The predicted molar refractivity (Wildman–Crippen MR) is 51.2 cm³/mol. The average Bonchev–Trinajstić information content (AvgIpc) is 2.87. The van der Waals surface area contributed by atoms with Crippen LogP contribution in [-0.2, 0) is 5.41 Å². The molecule has 0 bridgehead atoms. The summed E-state index contributed by atoms with van der Waals surface area (Å²) in [6.07, 6.45) is 7.49. The van der Waals surface area contributed by atoms with Crippen LogP contribution in [0.1, 0.15) is 32.3 Å². The molecular weight excluding hydrogens is 162 g/mol. The van der Waals surface area contributed by atoms with E-state index in [1.54, 1.807) is 6.33 Å². The van der Waals surface area contributed by atoms with Crippen molar-refractivity contribution in [3.05, 3.63) is 24.3 Å². The van der Waals surface area contributed by atoms with Crippen LogP contribution in [-0.4, -0.2) is 15.5 Å². The van der Waals surface area contributed by atoms with Crippen molar-refractivity contribution in [1.82, 2.24) is 9.97 Å². The van der Waals surface area contributed by atoms with Crippen LogP contribution in [0.5, 0.6) is 0 Å². The van der Waals surface area contributed by atoms with Crippen LogP contribution in [0, 0.1) is 0 Å². The van der Waals surface area contributed by atoms with Gasteiger partial charge in [0.05, 0.1) is 0 Å². The lowest BCUT2D eigenvalue weighted by Gasteiger charge is -2.31. The van der Waals surface area contributed by atoms with E-state index in [2.05, 4.69) is 23.8 Å². The zero-order valence-electron chi connectivity index (χ0n) is 8.12. The molecule has 3 nitrogen and oxygen atoms in total. The molecule has 3 heteroatoms. The SMILES string of the molecule is CC(C)(c1cncnc1)C1(N)CC1. The first kappa shape index (κ1) is 8.63. The molecule has 1 aliphatic carbocycles. The monoisotopic (exact) mass is 177 g/mol. The highest BCUT2D eigenvalue weighted by molar-refractivity contribution is 5.28. The van der Waals surface area contributed by atoms with Crippen LogP contribution in [0.25, 0.3) is 0 Å². The van der Waals surface area contributed by atoms with Crippen molar-refractivity contribution in [2.45, 2.75) is 37.6 Å². The molecule has 0 spiro atoms. The second kappa shape index (κ2) is 2.51. The Balaban J connectivity index is 2.35. The molecule has 1 aromatic heterocycles. The molecule has 1 heterocycles. The number of hydrogen-bond acceptors (Lipinski definition) is 3. The molecule has 2 rings (SSSR count). The molecule has 2 N–H and O–H groups in total. The maximum absolute atomic E-state index is 6.20. The van der Waals surface area contributed by atoms with Crippen LogP contribution < -0.4 is 5.73 Å². The van der Waals surface area contributed by atoms with Crippen molar-refractivity contribution < 1.29 is 0 Å². The molecule has 1 aromatic rings. The summed E-state index contributed by atoms with van der Waals surface area (Å²) in [6.45, 7) is 4.33. The highest BCUT2D eigenvalue weighted by Gasteiger charge is 2.52. The molecule has 0 saturated heterocycles. The van der Waals surface area contributed by atoms with E-state index in [1.165, 1.54) is 0 Å². The van der Waals surface area contributed by atoms with E-state index < -0.39 is 0 Å². The first-order chi connectivity index (χ1) is 6.06. The number of hydrogen-bond donors (Lipinski definition) is 1. The molecule has 0 amide bonds. The van der Waals surface area contributed by atoms with Gasteiger partial charge in [0.25, 0.3) is 0 Å². The van der Waals surface area contributed by atoms with Gasteiger partial charge in [-0.1, -0.05) is 13.8 Å². The molecule has 0 aliphatic heterocycles. The van der Waals surface area contributed by atoms with Crippen molar-refractivity contribution in [2.24, 2.45) is 5.73 Å². The molecular formula is C10H15N3. The predicted octanol–water partition coefficient (Wildman–Crippen LogP) is 1.25. The fraction of sp³-hybridized carbons (Fsp3) is 0.600. The molecule has 13 heavy (non-hydrogen) atoms. The summed E-state index contributed by atoms with van der Waals surface area (Å²) in [5.41, 5.74) is 7.30. The number of aromatic nitrogens is 2. The maximum atomic E-state index is 6.20. The minimum absolute atomic E-state index is 0.00569. The Labute approximate surface area is 78.4 Å². The van der Waals surface area contributed by atoms with Gasteiger partial charge in [0.1, 0.15) is 6.33 Å². The van der Waals surface area contributed by atoms with Gasteiger partial charge in [0.2, 0.25) is 0 Å². The zero-order chi connectivity index (χ0) is 9.53. The molecule has 0 aromatic carbocycles. The molecule has 1 saturated carbocycles. The third-order valence-corrected chi connectivity index (χ3v) is 3.32. The van der Waals surface area contributed by atoms with Gasteiger partial charge in [-0.05, 0) is 18.4 Å². The Bertz CT molecular complexity index is 301. The van der Waals surface area contributed by atoms with Gasteiger partial charge in [-0.15, -0.1) is 0 Å². The Morgan fingerprint density at radius 1 is 1.31 bits per heavy atom. The summed E-state index contributed by atoms with van der Waals surface area (Å²) < 4.78 is 0. The van der Waals surface area contributed by atoms with E-state index in [4.69, 9.17) is 5.73 Å². The third kappa shape index (κ3) is 1.23. The smallest absolute Gasteiger partial charge is 0.115 e. The number of nitrogens with two attached hydrogens (primary N) is 1. The Morgan fingerprint density at radius 2 is 1.85 bits per heavy atom. The summed E-state index contributed by atoms with van der Waals surface area (Å²) in [5.74, 6) is 0. The number of nitrogens with zero attached hydrogens (tertiary/aromatic N) is 2. The average molecular weight is 177 g/mol. The lowest BCUT2D eigenvalue weighted by molar-refractivity contribution is 0.389. The summed E-state index contributed by atoms with van der Waals surface area (Å²) in [5, 5.41) is 0. The number of rotatable bonds is 2. The van der Waals surface area contributed by atoms with Crippen LogP contribution in [0.15, 0.2) is 18.7 Å². The van der Waals surface area contributed by atoms with Gasteiger partial charge in [0, 0.05) is 23.3 Å². The van der Waals surface area contributed by atoms with E-state index in [0.717, 1.165) is 18.4 Å². The second-order valence-corrected chi connectivity index (χ2v) is 4.41. The lowest BCUT2D eigenvalue weighted by atomic mass is 9.77. The summed E-state index contributed by atoms with van der Waals surface area (Å²) in [4.78, 5) is 8.05. The van der Waals surface area contributed by atoms with E-state index in [0.29, 0.717) is 0 Å². The van der Waals surface area contributed by atoms with Crippen LogP contribution in [0.3, 0.4) is 0 Å². The summed E-state index contributed by atoms with van der Waals surface area (Å²) in [7, 11) is 0. The molecule has 0 radical (unpaired) electrons. The largest absolute Gasteiger partial charge is 0.324 e. The van der Waals surface area contributed by atoms with Gasteiger partial charge in [0.15, 0.2) is 0 Å². The standard InChI is InChI=1S/C10H15N3/c1-9(2,10(11)3-4-10)8-5-12-7-13-6-8/h5-7H,3-4,11H2,1-2H3. The van der Waals surface area contributed by atoms with Gasteiger partial charge in [-0.25, -0.2) is 9.97 Å². The van der Waals surface area contributed by atoms with Crippen molar-refractivity contribution >= 4 is 0 Å². The second-order valence-electron chi connectivity index (χ2n) is 4.41. The molecule has 1 aliphatic rings. The fourth-order valence-electron chi connectivity index (χ4n) is 1.67. The van der Waals surface area contributed by atoms with Gasteiger partial charge < -0.3 is 5.73 Å². The van der Waals surface area contributed by atoms with Crippen LogP contribution in [0.4, 0.5) is 0 Å². The Morgan fingerprint density at radius 3 is 2.31 bits per heavy atom. The van der Waals surface area contributed by atoms with Gasteiger partial charge >= 0.3 is 0 Å². The highest BCUT2D eigenvalue weighted by atomic mass is 14.9. The minimum Gasteiger partial charge on any atom is -0.324 e. The first-order valence-corrected chi connectivity index (χ1v) is 4.61. The van der Waals surface area contributed by atoms with E-state index >= 15 is 0 Å². The quantitative estimate of drug-likeness (QED) is 0.739. The third-order valence-electron chi connectivity index (χ3n) is 3.32. The Hall–Kier alpha value is -0.960. The van der Waals surface area contributed by atoms with Crippen LogP contribution >= 0.6 is 0 Å². The summed E-state index contributed by atoms with van der Waals surface area (Å²) >= 11 is 0. The fourth-order valence-corrected chi connectivity index (χ4v) is 1.67. The molecule has 0 unspecified atom stereocenters. The maximum Gasteiger partial charge on any atom is 0.115 e. The Kier molecular flexibility index (Phi) is 1.67. The van der Waals surface area contributed by atoms with Gasteiger partial charge in [-0.2, -0.15) is 0 Å². The van der Waals surface area contributed by atoms with E-state index in [1.807, 2.05) is 12.4 Å². The topological polar surface area (TPSA) is 51.8 Å². The van der Waals surface area contributed by atoms with Crippen LogP contribution in [0.2, 0.25) is 0 Å². The van der Waals surface area contributed by atoms with Crippen molar-refractivity contribution in [3.63, 3.8) is 0 Å². The van der Waals surface area contributed by atoms with Crippen molar-refractivity contribution in [2.75, 3.05) is 0 Å². The van der Waals surface area contributed by atoms with E-state index in [-0.39, 0.29) is 11.0 Å². The first-order valence-electron chi connectivity index (χ1n) is 4.61. The molecule has 0 atom stereocenters. The molecule has 70 valence electrons. The molecule has 1 fully saturated rings. The summed E-state index contributed by atoms with van der Waals surface area (Å²) in [6, 6.07) is 0. The lowest BCUT2D eigenvalue weighted by Crippen LogP contribution is -2.43. The van der Waals surface area contributed by atoms with Gasteiger partial charge in [-0.3, -0.25) is 0 Å². The normalized spacial score (nSPS) is 19.9. The minimum atomic E-state index is -0.0300. The van der Waals surface area contributed by atoms with E-state index in [9.17, 15) is 0 Å². The van der Waals surface area contributed by atoms with Crippen molar-refractivity contribution in [3.8, 4) is 0 Å².